The lowest BCUT2D eigenvalue weighted by molar-refractivity contribution is -0.133. The first-order valence-corrected chi connectivity index (χ1v) is 7.47. The molecule has 0 atom stereocenters. The van der Waals surface area contributed by atoms with Crippen LogP contribution in [-0.4, -0.2) is 30.5 Å². The van der Waals surface area contributed by atoms with Crippen LogP contribution in [0, 0.1) is 0 Å². The van der Waals surface area contributed by atoms with Crippen molar-refractivity contribution in [3.8, 4) is 5.75 Å². The van der Waals surface area contributed by atoms with E-state index in [4.69, 9.17) is 22.1 Å². The van der Waals surface area contributed by atoms with Crippen LogP contribution in [0.25, 0.3) is 0 Å². The Morgan fingerprint density at radius 1 is 1.25 bits per heavy atom. The number of nitrogens with zero attached hydrogens (tertiary/aromatic N) is 1. The highest BCUT2D eigenvalue weighted by atomic mass is 35.5. The molecular weight excluding hydrogens is 276 g/mol. The number of rotatable bonds is 4. The van der Waals surface area contributed by atoms with E-state index in [0.717, 1.165) is 31.5 Å². The highest BCUT2D eigenvalue weighted by Crippen LogP contribution is 2.25. The van der Waals surface area contributed by atoms with Crippen molar-refractivity contribution < 1.29 is 9.53 Å². The van der Waals surface area contributed by atoms with Gasteiger partial charge < -0.3 is 15.4 Å². The van der Waals surface area contributed by atoms with Crippen molar-refractivity contribution in [1.82, 2.24) is 4.90 Å². The molecule has 0 saturated carbocycles. The highest BCUT2D eigenvalue weighted by Gasteiger charge is 2.16. The van der Waals surface area contributed by atoms with Gasteiger partial charge in [-0.25, -0.2) is 0 Å². The van der Waals surface area contributed by atoms with Crippen LogP contribution >= 0.6 is 11.6 Å². The van der Waals surface area contributed by atoms with E-state index in [1.807, 2.05) is 11.0 Å². The lowest BCUT2D eigenvalue weighted by Crippen LogP contribution is -2.35. The molecule has 1 fully saturated rings. The van der Waals surface area contributed by atoms with E-state index in [0.29, 0.717) is 17.3 Å². The van der Waals surface area contributed by atoms with Gasteiger partial charge in [-0.2, -0.15) is 0 Å². The fourth-order valence-electron chi connectivity index (χ4n) is 2.34. The number of hydrogen-bond donors (Lipinski definition) is 1. The summed E-state index contributed by atoms with van der Waals surface area (Å²) in [5.41, 5.74) is 6.49. The van der Waals surface area contributed by atoms with Crippen LogP contribution < -0.4 is 10.5 Å². The Hall–Kier alpha value is -1.26. The zero-order valence-corrected chi connectivity index (χ0v) is 12.4. The minimum Gasteiger partial charge on any atom is -0.482 e. The van der Waals surface area contributed by atoms with Gasteiger partial charge >= 0.3 is 0 Å². The summed E-state index contributed by atoms with van der Waals surface area (Å²) < 4.78 is 5.53. The van der Waals surface area contributed by atoms with Gasteiger partial charge in [-0.3, -0.25) is 4.79 Å². The van der Waals surface area contributed by atoms with E-state index in [2.05, 4.69) is 0 Å². The van der Waals surface area contributed by atoms with Gasteiger partial charge in [-0.05, 0) is 30.5 Å². The fraction of sp³-hybridized carbons (Fsp3) is 0.533. The maximum absolute atomic E-state index is 12.1. The van der Waals surface area contributed by atoms with Crippen molar-refractivity contribution >= 4 is 17.5 Å². The Balaban J connectivity index is 1.89. The second-order valence-corrected chi connectivity index (χ2v) is 5.46. The average molecular weight is 297 g/mol. The highest BCUT2D eigenvalue weighted by molar-refractivity contribution is 6.32. The molecule has 0 aromatic heterocycles. The van der Waals surface area contributed by atoms with E-state index in [9.17, 15) is 4.79 Å². The zero-order chi connectivity index (χ0) is 14.4. The van der Waals surface area contributed by atoms with Crippen LogP contribution in [-0.2, 0) is 11.3 Å². The molecule has 0 spiro atoms. The first-order chi connectivity index (χ1) is 9.70. The van der Waals surface area contributed by atoms with Crippen LogP contribution in [0.3, 0.4) is 0 Å². The summed E-state index contributed by atoms with van der Waals surface area (Å²) in [6, 6.07) is 5.39. The molecule has 2 rings (SSSR count). The minimum atomic E-state index is 0.0332. The van der Waals surface area contributed by atoms with Crippen molar-refractivity contribution in [3.63, 3.8) is 0 Å². The van der Waals surface area contributed by atoms with Gasteiger partial charge in [0.2, 0.25) is 0 Å². The molecule has 1 aromatic carbocycles. The number of ether oxygens (including phenoxy) is 1. The quantitative estimate of drug-likeness (QED) is 0.929. The molecule has 1 aliphatic heterocycles. The number of amides is 1. The molecule has 4 nitrogen and oxygen atoms in total. The zero-order valence-electron chi connectivity index (χ0n) is 11.6. The predicted octanol–water partition coefficient (Wildman–Crippen LogP) is 2.58. The summed E-state index contributed by atoms with van der Waals surface area (Å²) in [7, 11) is 0. The average Bonchev–Trinajstić information content (AvgIpc) is 2.74. The van der Waals surface area contributed by atoms with Gasteiger partial charge in [0.15, 0.2) is 6.61 Å². The molecule has 1 aliphatic rings. The lowest BCUT2D eigenvalue weighted by atomic mass is 10.2. The van der Waals surface area contributed by atoms with E-state index >= 15 is 0 Å². The monoisotopic (exact) mass is 296 g/mol. The van der Waals surface area contributed by atoms with E-state index in [1.165, 1.54) is 12.8 Å². The van der Waals surface area contributed by atoms with Crippen molar-refractivity contribution in [1.29, 1.82) is 0 Å². The summed E-state index contributed by atoms with van der Waals surface area (Å²) in [6.45, 7) is 2.15. The summed E-state index contributed by atoms with van der Waals surface area (Å²) >= 11 is 6.10. The lowest BCUT2D eigenvalue weighted by Gasteiger charge is -2.20. The number of hydrogen-bond acceptors (Lipinski definition) is 3. The summed E-state index contributed by atoms with van der Waals surface area (Å²) in [5, 5.41) is 0.497. The van der Waals surface area contributed by atoms with Crippen LogP contribution in [0.15, 0.2) is 18.2 Å². The Bertz CT molecular complexity index is 457. The van der Waals surface area contributed by atoms with Gasteiger partial charge in [0.05, 0.1) is 5.02 Å². The molecule has 0 aliphatic carbocycles. The number of carbonyl (C=O) groups is 1. The molecule has 110 valence electrons. The Labute approximate surface area is 124 Å². The molecule has 20 heavy (non-hydrogen) atoms. The Kier molecular flexibility index (Phi) is 5.68. The van der Waals surface area contributed by atoms with Crippen LogP contribution in [0.2, 0.25) is 5.02 Å². The molecule has 0 unspecified atom stereocenters. The second kappa shape index (κ2) is 7.50. The van der Waals surface area contributed by atoms with Crippen LogP contribution in [0.4, 0.5) is 0 Å². The van der Waals surface area contributed by atoms with Crippen molar-refractivity contribution in [2.45, 2.75) is 32.2 Å². The number of halogens is 1. The van der Waals surface area contributed by atoms with Gasteiger partial charge in [-0.15, -0.1) is 0 Å². The molecule has 1 amide bonds. The normalized spacial score (nSPS) is 15.8. The Morgan fingerprint density at radius 2 is 1.95 bits per heavy atom. The van der Waals surface area contributed by atoms with Gasteiger partial charge in [0, 0.05) is 19.6 Å². The molecule has 1 saturated heterocycles. The van der Waals surface area contributed by atoms with Crippen LogP contribution in [0.1, 0.15) is 31.2 Å². The summed E-state index contributed by atoms with van der Waals surface area (Å²) in [6.07, 6.45) is 4.57. The van der Waals surface area contributed by atoms with Crippen molar-refractivity contribution in [2.75, 3.05) is 19.7 Å². The maximum Gasteiger partial charge on any atom is 0.260 e. The maximum atomic E-state index is 12.1. The van der Waals surface area contributed by atoms with Crippen LogP contribution in [0.5, 0.6) is 5.75 Å². The molecule has 1 heterocycles. The Morgan fingerprint density at radius 3 is 2.55 bits per heavy atom. The molecule has 1 aromatic rings. The number of likely N-dealkylation sites (tertiary alicyclic amines) is 1. The number of carbonyl (C=O) groups excluding carboxylic acids is 1. The summed E-state index contributed by atoms with van der Waals surface area (Å²) in [4.78, 5) is 14.0. The number of nitrogens with two attached hydrogens (primary N) is 1. The third-order valence-electron chi connectivity index (χ3n) is 3.54. The molecule has 5 heteroatoms. The largest absolute Gasteiger partial charge is 0.482 e. The van der Waals surface area contributed by atoms with E-state index in [-0.39, 0.29) is 12.5 Å². The predicted molar refractivity (Wildman–Crippen MR) is 79.9 cm³/mol. The van der Waals surface area contributed by atoms with Gasteiger partial charge in [0.1, 0.15) is 5.75 Å². The standard InChI is InChI=1S/C15H21ClN2O2/c16-13-9-12(10-17)5-6-14(13)20-11-15(19)18-7-3-1-2-4-8-18/h5-6,9H,1-4,7-8,10-11,17H2. The minimum absolute atomic E-state index is 0.0332. The topological polar surface area (TPSA) is 55.6 Å². The van der Waals surface area contributed by atoms with E-state index < -0.39 is 0 Å². The van der Waals surface area contributed by atoms with Crippen molar-refractivity contribution in [3.05, 3.63) is 28.8 Å². The molecule has 0 radical (unpaired) electrons. The molecule has 0 bridgehead atoms. The molecular formula is C15H21ClN2O2. The third-order valence-corrected chi connectivity index (χ3v) is 3.84. The number of benzene rings is 1. The second-order valence-electron chi connectivity index (χ2n) is 5.05. The van der Waals surface area contributed by atoms with Gasteiger partial charge in [0.25, 0.3) is 5.91 Å². The molecule has 2 N–H and O–H groups in total. The first kappa shape index (κ1) is 15.1. The van der Waals surface area contributed by atoms with Crippen molar-refractivity contribution in [2.24, 2.45) is 5.73 Å². The third kappa shape index (κ3) is 4.12. The fourth-order valence-corrected chi connectivity index (χ4v) is 2.60. The van der Waals surface area contributed by atoms with E-state index in [1.54, 1.807) is 12.1 Å². The first-order valence-electron chi connectivity index (χ1n) is 7.10. The summed E-state index contributed by atoms with van der Waals surface area (Å²) in [5.74, 6) is 0.568. The SMILES string of the molecule is NCc1ccc(OCC(=O)N2CCCCCC2)c(Cl)c1. The smallest absolute Gasteiger partial charge is 0.260 e. The van der Waals surface area contributed by atoms with Gasteiger partial charge in [-0.1, -0.05) is 30.5 Å².